The third-order valence-electron chi connectivity index (χ3n) is 10.2. The van der Waals surface area contributed by atoms with Crippen LogP contribution < -0.4 is 5.32 Å². The number of allylic oxidation sites excluding steroid dienone is 4. The van der Waals surface area contributed by atoms with Crippen molar-refractivity contribution >= 4 is 11.8 Å². The number of rotatable bonds is 7. The highest BCUT2D eigenvalue weighted by molar-refractivity contribution is 5.84. The van der Waals surface area contributed by atoms with Crippen LogP contribution in [0.4, 0.5) is 0 Å². The molecule has 4 aliphatic carbocycles. The molecule has 188 valence electrons. The molecule has 5 heteroatoms. The fourth-order valence-electron chi connectivity index (χ4n) is 7.80. The van der Waals surface area contributed by atoms with Crippen molar-refractivity contribution in [2.75, 3.05) is 26.3 Å². The second-order valence-electron chi connectivity index (χ2n) is 12.2. The molecule has 1 aliphatic heterocycles. The van der Waals surface area contributed by atoms with Crippen molar-refractivity contribution in [1.29, 1.82) is 0 Å². The number of carbonyl (C=O) groups excluding carboxylic acids is 2. The summed E-state index contributed by atoms with van der Waals surface area (Å²) in [5, 5.41) is 3.61. The van der Waals surface area contributed by atoms with Crippen LogP contribution in [0.15, 0.2) is 23.8 Å². The first-order valence-corrected chi connectivity index (χ1v) is 13.9. The third kappa shape index (κ3) is 4.27. The maximum atomic E-state index is 13.8. The Morgan fingerprint density at radius 3 is 2.76 bits per heavy atom. The van der Waals surface area contributed by atoms with Crippen LogP contribution in [0.3, 0.4) is 0 Å². The first-order chi connectivity index (χ1) is 16.4. The van der Waals surface area contributed by atoms with E-state index in [1.54, 1.807) is 0 Å². The average molecular weight is 469 g/mol. The zero-order valence-electron chi connectivity index (χ0n) is 21.5. The molecule has 5 nitrogen and oxygen atoms in total. The Bertz CT molecular complexity index is 853. The van der Waals surface area contributed by atoms with Gasteiger partial charge in [-0.3, -0.25) is 9.59 Å². The minimum Gasteiger partial charge on any atom is -0.378 e. The molecule has 2 bridgehead atoms. The van der Waals surface area contributed by atoms with Crippen LogP contribution in [0.25, 0.3) is 0 Å². The molecule has 5 rings (SSSR count). The molecule has 0 spiro atoms. The lowest BCUT2D eigenvalue weighted by Crippen LogP contribution is -2.55. The molecule has 1 saturated heterocycles. The van der Waals surface area contributed by atoms with Gasteiger partial charge in [0.05, 0.1) is 18.6 Å². The van der Waals surface area contributed by atoms with E-state index in [-0.39, 0.29) is 17.2 Å². The molecule has 6 atom stereocenters. The van der Waals surface area contributed by atoms with Gasteiger partial charge in [0.25, 0.3) is 0 Å². The Balaban J connectivity index is 1.22. The van der Waals surface area contributed by atoms with E-state index in [0.717, 1.165) is 25.2 Å². The topological polar surface area (TPSA) is 58.6 Å². The van der Waals surface area contributed by atoms with Gasteiger partial charge in [0.2, 0.25) is 11.8 Å². The molecular formula is C29H44N2O3. The van der Waals surface area contributed by atoms with Gasteiger partial charge in [-0.15, -0.1) is 0 Å². The monoisotopic (exact) mass is 468 g/mol. The quantitative estimate of drug-likeness (QED) is 0.580. The van der Waals surface area contributed by atoms with Crippen molar-refractivity contribution in [1.82, 2.24) is 10.2 Å². The molecule has 34 heavy (non-hydrogen) atoms. The number of fused-ring (bicyclic) bond motifs is 3. The summed E-state index contributed by atoms with van der Waals surface area (Å²) in [7, 11) is 0. The molecular weight excluding hydrogens is 424 g/mol. The fourth-order valence-corrected chi connectivity index (χ4v) is 7.80. The Kier molecular flexibility index (Phi) is 6.69. The summed E-state index contributed by atoms with van der Waals surface area (Å²) in [4.78, 5) is 28.4. The summed E-state index contributed by atoms with van der Waals surface area (Å²) in [6.07, 6.45) is 16.8. The summed E-state index contributed by atoms with van der Waals surface area (Å²) in [5.74, 6) is 3.02. The molecule has 5 aliphatic rings. The Labute approximate surface area is 205 Å². The zero-order valence-corrected chi connectivity index (χ0v) is 21.5. The van der Waals surface area contributed by atoms with Gasteiger partial charge in [0, 0.05) is 31.0 Å². The second kappa shape index (κ2) is 9.44. The smallest absolute Gasteiger partial charge is 0.226 e. The van der Waals surface area contributed by atoms with Crippen molar-refractivity contribution in [3.05, 3.63) is 23.8 Å². The lowest BCUT2D eigenvalue weighted by atomic mass is 9.64. The largest absolute Gasteiger partial charge is 0.378 e. The highest BCUT2D eigenvalue weighted by Gasteiger charge is 2.65. The van der Waals surface area contributed by atoms with Gasteiger partial charge in [0.15, 0.2) is 0 Å². The average Bonchev–Trinajstić information content (AvgIpc) is 3.62. The van der Waals surface area contributed by atoms with E-state index < -0.39 is 5.41 Å². The van der Waals surface area contributed by atoms with E-state index in [2.05, 4.69) is 44.3 Å². The van der Waals surface area contributed by atoms with Crippen molar-refractivity contribution in [3.8, 4) is 0 Å². The molecule has 1 heterocycles. The van der Waals surface area contributed by atoms with Crippen LogP contribution in [0.5, 0.6) is 0 Å². The van der Waals surface area contributed by atoms with Crippen molar-refractivity contribution < 1.29 is 14.3 Å². The Morgan fingerprint density at radius 2 is 2.00 bits per heavy atom. The van der Waals surface area contributed by atoms with E-state index in [4.69, 9.17) is 4.74 Å². The number of ether oxygens (including phenoxy) is 1. The van der Waals surface area contributed by atoms with Crippen LogP contribution in [0.2, 0.25) is 0 Å². The van der Waals surface area contributed by atoms with Crippen LogP contribution >= 0.6 is 0 Å². The molecule has 3 saturated carbocycles. The van der Waals surface area contributed by atoms with Crippen molar-refractivity contribution in [2.45, 2.75) is 84.6 Å². The number of hydrogen-bond donors (Lipinski definition) is 1. The van der Waals surface area contributed by atoms with Gasteiger partial charge in [-0.2, -0.15) is 0 Å². The first kappa shape index (κ1) is 24.1. The number of morpholine rings is 1. The van der Waals surface area contributed by atoms with E-state index >= 15 is 0 Å². The molecule has 0 aromatic carbocycles. The van der Waals surface area contributed by atoms with Crippen molar-refractivity contribution in [2.24, 2.45) is 34.5 Å². The normalized spacial score (nSPS) is 37.0. The number of amides is 2. The predicted molar refractivity (Wildman–Crippen MR) is 134 cm³/mol. The van der Waals surface area contributed by atoms with Gasteiger partial charge < -0.3 is 15.0 Å². The summed E-state index contributed by atoms with van der Waals surface area (Å²) in [5.41, 5.74) is 0.796. The zero-order chi connectivity index (χ0) is 23.9. The SMILES string of the molecule is CCC1CC2CCCC(C2)C1NC(=O)C(C)(C)C12C=CC=C(CCC(=O)N3CCOCC3)C1C2. The van der Waals surface area contributed by atoms with E-state index in [1.807, 2.05) is 4.90 Å². The van der Waals surface area contributed by atoms with Gasteiger partial charge in [-0.1, -0.05) is 63.8 Å². The van der Waals surface area contributed by atoms with Crippen LogP contribution in [0, 0.1) is 34.5 Å². The summed E-state index contributed by atoms with van der Waals surface area (Å²) in [6.45, 7) is 9.32. The predicted octanol–water partition coefficient (Wildman–Crippen LogP) is 4.88. The molecule has 0 aromatic rings. The van der Waals surface area contributed by atoms with E-state index in [0.29, 0.717) is 56.5 Å². The van der Waals surface area contributed by atoms with Gasteiger partial charge in [-0.05, 0) is 55.8 Å². The number of nitrogens with one attached hydrogen (secondary N) is 1. The molecule has 4 fully saturated rings. The van der Waals surface area contributed by atoms with Crippen LogP contribution in [-0.4, -0.2) is 49.1 Å². The summed E-state index contributed by atoms with van der Waals surface area (Å²) < 4.78 is 5.38. The molecule has 2 amide bonds. The molecule has 6 unspecified atom stereocenters. The maximum absolute atomic E-state index is 13.8. The number of carbonyl (C=O) groups is 2. The standard InChI is InChI=1S/C29H44N2O3/c1-4-21-17-20-7-5-8-23(18-20)26(21)30-27(33)28(2,3)29-12-6-9-22(24(29)19-29)10-11-25(32)31-13-15-34-16-14-31/h6,9,12,20-21,23-24,26H,4-5,7-8,10-11,13-19H2,1-3H3,(H,30,33). The second-order valence-corrected chi connectivity index (χ2v) is 12.2. The third-order valence-corrected chi connectivity index (χ3v) is 10.2. The van der Waals surface area contributed by atoms with Crippen LogP contribution in [0.1, 0.15) is 78.6 Å². The highest BCUT2D eigenvalue weighted by atomic mass is 16.5. The minimum absolute atomic E-state index is 0.103. The van der Waals surface area contributed by atoms with Crippen molar-refractivity contribution in [3.63, 3.8) is 0 Å². The molecule has 0 radical (unpaired) electrons. The van der Waals surface area contributed by atoms with Gasteiger partial charge in [0.1, 0.15) is 0 Å². The summed E-state index contributed by atoms with van der Waals surface area (Å²) >= 11 is 0. The Morgan fingerprint density at radius 1 is 1.21 bits per heavy atom. The van der Waals surface area contributed by atoms with Crippen LogP contribution in [-0.2, 0) is 14.3 Å². The fraction of sp³-hybridized carbons (Fsp3) is 0.793. The lowest BCUT2D eigenvalue weighted by Gasteiger charge is -2.47. The highest BCUT2D eigenvalue weighted by Crippen LogP contribution is 2.69. The Hall–Kier alpha value is -1.62. The van der Waals surface area contributed by atoms with Gasteiger partial charge in [-0.25, -0.2) is 0 Å². The molecule has 1 N–H and O–H groups in total. The van der Waals surface area contributed by atoms with E-state index in [1.165, 1.54) is 37.7 Å². The number of nitrogens with zero attached hydrogens (tertiary/aromatic N) is 1. The minimum atomic E-state index is -0.453. The van der Waals surface area contributed by atoms with Gasteiger partial charge >= 0.3 is 0 Å². The summed E-state index contributed by atoms with van der Waals surface area (Å²) in [6, 6.07) is 0.343. The molecule has 0 aromatic heterocycles. The number of hydrogen-bond acceptors (Lipinski definition) is 3. The van der Waals surface area contributed by atoms with E-state index in [9.17, 15) is 9.59 Å². The first-order valence-electron chi connectivity index (χ1n) is 13.9. The maximum Gasteiger partial charge on any atom is 0.226 e. The lowest BCUT2D eigenvalue weighted by molar-refractivity contribution is -0.136.